The fourth-order valence-corrected chi connectivity index (χ4v) is 3.73. The number of nitrogens with one attached hydrogen (secondary N) is 1. The van der Waals surface area contributed by atoms with Crippen molar-refractivity contribution in [3.8, 4) is 5.75 Å². The number of carbonyl (C=O) groups excluding carboxylic acids is 1. The number of ether oxygens (including phenoxy) is 1. The molecule has 1 aliphatic rings. The van der Waals surface area contributed by atoms with Gasteiger partial charge < -0.3 is 10.1 Å². The number of amides is 1. The highest BCUT2D eigenvalue weighted by molar-refractivity contribution is 7.99. The Labute approximate surface area is 151 Å². The van der Waals surface area contributed by atoms with Crippen LogP contribution in [0.25, 0.3) is 0 Å². The van der Waals surface area contributed by atoms with Gasteiger partial charge in [-0.3, -0.25) is 14.9 Å². The number of hydrogen-bond donors (Lipinski definition) is 1. The molecule has 2 aromatic carbocycles. The number of carbonyl (C=O) groups is 1. The van der Waals surface area contributed by atoms with Gasteiger partial charge in [0.2, 0.25) is 5.82 Å². The number of thioether (sulfide) groups is 1. The molecule has 0 bridgehead atoms. The monoisotopic (exact) mass is 380 g/mol. The lowest BCUT2D eigenvalue weighted by Gasteiger charge is -2.26. The molecule has 0 saturated carbocycles. The van der Waals surface area contributed by atoms with Gasteiger partial charge in [-0.2, -0.15) is 4.39 Å². The molecule has 0 fully saturated rings. The van der Waals surface area contributed by atoms with Crippen LogP contribution in [-0.2, 0) is 4.79 Å². The molecule has 1 N–H and O–H groups in total. The number of rotatable bonds is 5. The van der Waals surface area contributed by atoms with Gasteiger partial charge in [-0.1, -0.05) is 0 Å². The zero-order valence-electron chi connectivity index (χ0n) is 13.4. The summed E-state index contributed by atoms with van der Waals surface area (Å²) < 4.78 is 32.2. The van der Waals surface area contributed by atoms with Gasteiger partial charge in [-0.05, 0) is 36.2 Å². The average molecular weight is 380 g/mol. The largest absolute Gasteiger partial charge is 0.484 e. The summed E-state index contributed by atoms with van der Waals surface area (Å²) in [6.45, 7) is -0.383. The van der Waals surface area contributed by atoms with Gasteiger partial charge in [0, 0.05) is 22.8 Å². The SMILES string of the molecule is O=C(COc1ccc([N+](=O)[O-])c(F)c1)NC1CCSc2ccc(F)cc21. The molecule has 26 heavy (non-hydrogen) atoms. The molecule has 1 amide bonds. The van der Waals surface area contributed by atoms with E-state index in [9.17, 15) is 23.7 Å². The molecule has 3 rings (SSSR count). The number of hydrogen-bond acceptors (Lipinski definition) is 5. The predicted molar refractivity (Wildman–Crippen MR) is 91.2 cm³/mol. The van der Waals surface area contributed by atoms with Crippen LogP contribution in [0, 0.1) is 21.7 Å². The first-order valence-corrected chi connectivity index (χ1v) is 8.71. The van der Waals surface area contributed by atoms with Gasteiger partial charge in [0.1, 0.15) is 11.6 Å². The molecule has 6 nitrogen and oxygen atoms in total. The number of fused-ring (bicyclic) bond motifs is 1. The van der Waals surface area contributed by atoms with E-state index >= 15 is 0 Å². The summed E-state index contributed by atoms with van der Waals surface area (Å²) in [5.41, 5.74) is 0.0520. The highest BCUT2D eigenvalue weighted by Crippen LogP contribution is 2.36. The van der Waals surface area contributed by atoms with Gasteiger partial charge in [-0.25, -0.2) is 4.39 Å². The third-order valence-corrected chi connectivity index (χ3v) is 4.95. The van der Waals surface area contributed by atoms with E-state index in [4.69, 9.17) is 4.74 Å². The second-order valence-corrected chi connectivity index (χ2v) is 6.74. The van der Waals surface area contributed by atoms with Crippen LogP contribution in [0.5, 0.6) is 5.75 Å². The van der Waals surface area contributed by atoms with E-state index in [2.05, 4.69) is 5.32 Å². The van der Waals surface area contributed by atoms with Gasteiger partial charge in [0.25, 0.3) is 5.91 Å². The minimum atomic E-state index is -1.04. The van der Waals surface area contributed by atoms with Crippen molar-refractivity contribution in [2.45, 2.75) is 17.4 Å². The van der Waals surface area contributed by atoms with E-state index in [1.807, 2.05) is 0 Å². The zero-order valence-corrected chi connectivity index (χ0v) is 14.2. The molecule has 2 aromatic rings. The summed E-state index contributed by atoms with van der Waals surface area (Å²) in [7, 11) is 0. The molecule has 1 unspecified atom stereocenters. The van der Waals surface area contributed by atoms with Crippen LogP contribution in [0.2, 0.25) is 0 Å². The maximum Gasteiger partial charge on any atom is 0.305 e. The Balaban J connectivity index is 1.61. The number of nitrogens with zero attached hydrogens (tertiary/aromatic N) is 1. The topological polar surface area (TPSA) is 81.5 Å². The van der Waals surface area contributed by atoms with Crippen LogP contribution in [0.1, 0.15) is 18.0 Å². The van der Waals surface area contributed by atoms with Gasteiger partial charge in [-0.15, -0.1) is 11.8 Å². The van der Waals surface area contributed by atoms with E-state index < -0.39 is 22.3 Å². The second-order valence-electron chi connectivity index (χ2n) is 5.60. The molecule has 1 heterocycles. The van der Waals surface area contributed by atoms with Crippen molar-refractivity contribution in [1.82, 2.24) is 5.32 Å². The number of benzene rings is 2. The molecule has 9 heteroatoms. The minimum Gasteiger partial charge on any atom is -0.484 e. The van der Waals surface area contributed by atoms with E-state index in [0.29, 0.717) is 6.42 Å². The van der Waals surface area contributed by atoms with Crippen LogP contribution in [0.4, 0.5) is 14.5 Å². The molecule has 1 atom stereocenters. The molecular formula is C17H14F2N2O4S. The Morgan fingerprint density at radius 2 is 2.12 bits per heavy atom. The Kier molecular flexibility index (Phi) is 5.36. The molecule has 0 aromatic heterocycles. The van der Waals surface area contributed by atoms with Crippen molar-refractivity contribution in [3.05, 3.63) is 63.7 Å². The maximum atomic E-state index is 13.5. The third-order valence-electron chi connectivity index (χ3n) is 3.83. The average Bonchev–Trinajstić information content (AvgIpc) is 2.60. The van der Waals surface area contributed by atoms with Gasteiger partial charge in [0.15, 0.2) is 6.61 Å². The first-order chi connectivity index (χ1) is 12.4. The third kappa shape index (κ3) is 4.10. The van der Waals surface area contributed by atoms with Crippen LogP contribution in [0.3, 0.4) is 0 Å². The van der Waals surface area contributed by atoms with Crippen LogP contribution < -0.4 is 10.1 Å². The van der Waals surface area contributed by atoms with E-state index in [-0.39, 0.29) is 24.2 Å². The summed E-state index contributed by atoms with van der Waals surface area (Å²) in [5, 5.41) is 13.3. The molecule has 0 aliphatic carbocycles. The Bertz CT molecular complexity index is 863. The fraction of sp³-hybridized carbons (Fsp3) is 0.235. The van der Waals surface area contributed by atoms with E-state index in [1.165, 1.54) is 18.2 Å². The van der Waals surface area contributed by atoms with Crippen molar-refractivity contribution < 1.29 is 23.2 Å². The number of nitro groups is 1. The molecule has 136 valence electrons. The summed E-state index contributed by atoms with van der Waals surface area (Å²) in [5.74, 6) is -1.06. The fourth-order valence-electron chi connectivity index (χ4n) is 2.63. The lowest BCUT2D eigenvalue weighted by atomic mass is 10.0. The van der Waals surface area contributed by atoms with Crippen LogP contribution in [-0.4, -0.2) is 23.2 Å². The van der Waals surface area contributed by atoms with E-state index in [1.54, 1.807) is 17.8 Å². The van der Waals surface area contributed by atoms with Crippen LogP contribution in [0.15, 0.2) is 41.3 Å². The summed E-state index contributed by atoms with van der Waals surface area (Å²) in [6, 6.07) is 7.18. The lowest BCUT2D eigenvalue weighted by molar-refractivity contribution is -0.387. The van der Waals surface area contributed by atoms with Crippen molar-refractivity contribution >= 4 is 23.4 Å². The summed E-state index contributed by atoms with van der Waals surface area (Å²) in [6.07, 6.45) is 0.652. The van der Waals surface area contributed by atoms with Crippen molar-refractivity contribution in [2.75, 3.05) is 12.4 Å². The Hall–Kier alpha value is -2.68. The van der Waals surface area contributed by atoms with Crippen molar-refractivity contribution in [2.24, 2.45) is 0 Å². The second kappa shape index (κ2) is 7.69. The quantitative estimate of drug-likeness (QED) is 0.633. The highest BCUT2D eigenvalue weighted by Gasteiger charge is 2.23. The zero-order chi connectivity index (χ0) is 18.7. The van der Waals surface area contributed by atoms with Crippen molar-refractivity contribution in [1.29, 1.82) is 0 Å². The smallest absolute Gasteiger partial charge is 0.305 e. The van der Waals surface area contributed by atoms with Gasteiger partial charge >= 0.3 is 5.69 Å². The highest BCUT2D eigenvalue weighted by atomic mass is 32.2. The molecule has 1 aliphatic heterocycles. The lowest BCUT2D eigenvalue weighted by Crippen LogP contribution is -2.34. The Morgan fingerprint density at radius 3 is 2.85 bits per heavy atom. The van der Waals surface area contributed by atoms with E-state index in [0.717, 1.165) is 28.3 Å². The van der Waals surface area contributed by atoms with Gasteiger partial charge in [0.05, 0.1) is 11.0 Å². The molecule has 0 radical (unpaired) electrons. The number of nitro benzene ring substituents is 1. The maximum absolute atomic E-state index is 13.5. The predicted octanol–water partition coefficient (Wildman–Crippen LogP) is 3.61. The first-order valence-electron chi connectivity index (χ1n) is 7.72. The summed E-state index contributed by atoms with van der Waals surface area (Å²) in [4.78, 5) is 22.8. The molecule has 0 spiro atoms. The minimum absolute atomic E-state index is 0.00824. The standard InChI is InChI=1S/C17H14F2N2O4S/c18-10-1-4-16-12(7-10)14(5-6-26-16)20-17(22)9-25-11-2-3-15(21(23)24)13(19)8-11/h1-4,7-8,14H,5-6,9H2,(H,20,22). The summed E-state index contributed by atoms with van der Waals surface area (Å²) >= 11 is 1.60. The normalized spacial score (nSPS) is 15.8. The number of halogens is 2. The van der Waals surface area contributed by atoms with Crippen LogP contribution >= 0.6 is 11.8 Å². The Morgan fingerprint density at radius 1 is 1.31 bits per heavy atom. The molecular weight excluding hydrogens is 366 g/mol. The molecule has 0 saturated heterocycles. The first kappa shape index (κ1) is 18.1. The van der Waals surface area contributed by atoms with Crippen molar-refractivity contribution in [3.63, 3.8) is 0 Å².